The summed E-state index contributed by atoms with van der Waals surface area (Å²) in [4.78, 5) is 32.6. The Morgan fingerprint density at radius 3 is 2.96 bits per heavy atom. The fraction of sp³-hybridized carbons (Fsp3) is 0.500. The molecule has 0 bridgehead atoms. The number of likely N-dealkylation sites (tertiary alicyclic amines) is 1. The third-order valence-corrected chi connectivity index (χ3v) is 4.87. The minimum absolute atomic E-state index is 0.0625. The fourth-order valence-electron chi connectivity index (χ4n) is 3.48. The summed E-state index contributed by atoms with van der Waals surface area (Å²) in [5, 5.41) is 10.8. The van der Waals surface area contributed by atoms with Crippen molar-refractivity contribution in [3.63, 3.8) is 0 Å². The summed E-state index contributed by atoms with van der Waals surface area (Å²) in [6, 6.07) is 7.20. The molecule has 7 heteroatoms. The fourth-order valence-corrected chi connectivity index (χ4v) is 3.48. The number of imidazole rings is 1. The number of carbonyl (C=O) groups excluding carboxylic acids is 1. The summed E-state index contributed by atoms with van der Waals surface area (Å²) in [5.41, 5.74) is 1.93. The van der Waals surface area contributed by atoms with Crippen molar-refractivity contribution in [3.05, 3.63) is 40.2 Å². The van der Waals surface area contributed by atoms with Crippen molar-refractivity contribution in [2.24, 2.45) is 5.92 Å². The van der Waals surface area contributed by atoms with Gasteiger partial charge in [0.25, 0.3) is 0 Å². The van der Waals surface area contributed by atoms with Crippen LogP contribution in [-0.4, -0.2) is 44.8 Å². The summed E-state index contributed by atoms with van der Waals surface area (Å²) in [5.74, 6) is 0.602. The third kappa shape index (κ3) is 2.56. The Bertz CT molecular complexity index is 739. The predicted molar refractivity (Wildman–Crippen MR) is 83.5 cm³/mol. The largest absolute Gasteiger partial charge is 0.342 e. The molecule has 23 heavy (non-hydrogen) atoms. The van der Waals surface area contributed by atoms with Crippen LogP contribution in [0, 0.1) is 16.0 Å². The van der Waals surface area contributed by atoms with E-state index in [1.165, 1.54) is 0 Å². The number of nitrogens with one attached hydrogen (secondary N) is 1. The first-order valence-electron chi connectivity index (χ1n) is 8.00. The van der Waals surface area contributed by atoms with Crippen LogP contribution in [-0.2, 0) is 4.79 Å². The van der Waals surface area contributed by atoms with E-state index in [2.05, 4.69) is 9.97 Å². The van der Waals surface area contributed by atoms with Crippen LogP contribution in [0.15, 0.2) is 24.3 Å². The van der Waals surface area contributed by atoms with Crippen molar-refractivity contribution in [1.29, 1.82) is 0 Å². The van der Waals surface area contributed by atoms with Crippen molar-refractivity contribution >= 4 is 16.9 Å². The van der Waals surface area contributed by atoms with Gasteiger partial charge >= 0.3 is 0 Å². The van der Waals surface area contributed by atoms with Gasteiger partial charge in [-0.1, -0.05) is 12.1 Å². The highest BCUT2D eigenvalue weighted by Crippen LogP contribution is 2.36. The topological polar surface area (TPSA) is 92.1 Å². The van der Waals surface area contributed by atoms with Crippen LogP contribution in [0.2, 0.25) is 0 Å². The first kappa shape index (κ1) is 14.2. The van der Waals surface area contributed by atoms with Crippen molar-refractivity contribution in [1.82, 2.24) is 14.9 Å². The van der Waals surface area contributed by atoms with Crippen molar-refractivity contribution in [2.45, 2.75) is 31.2 Å². The second-order valence-corrected chi connectivity index (χ2v) is 6.46. The number of nitrogens with zero attached hydrogens (tertiary/aromatic N) is 3. The zero-order valence-corrected chi connectivity index (χ0v) is 12.6. The maximum Gasteiger partial charge on any atom is 0.232 e. The summed E-state index contributed by atoms with van der Waals surface area (Å²) < 4.78 is 0. The quantitative estimate of drug-likeness (QED) is 0.692. The van der Waals surface area contributed by atoms with Gasteiger partial charge in [-0.2, -0.15) is 0 Å². The van der Waals surface area contributed by atoms with Crippen molar-refractivity contribution in [2.75, 3.05) is 13.1 Å². The Morgan fingerprint density at radius 1 is 1.39 bits per heavy atom. The van der Waals surface area contributed by atoms with E-state index >= 15 is 0 Å². The SMILES string of the molecule is O=C([C@@H]1C[C@H]1[N+](=O)[O-])N1CCC[C@H](c2nc3ccccc3[nH]2)C1. The molecule has 1 aliphatic carbocycles. The third-order valence-electron chi connectivity index (χ3n) is 4.87. The molecule has 2 aromatic rings. The average molecular weight is 314 g/mol. The lowest BCUT2D eigenvalue weighted by Gasteiger charge is -2.31. The van der Waals surface area contributed by atoms with Gasteiger partial charge in [-0.25, -0.2) is 4.98 Å². The number of hydrogen-bond acceptors (Lipinski definition) is 4. The Morgan fingerprint density at radius 2 is 2.22 bits per heavy atom. The van der Waals surface area contributed by atoms with Gasteiger partial charge in [0.1, 0.15) is 11.7 Å². The highest BCUT2D eigenvalue weighted by atomic mass is 16.6. The Balaban J connectivity index is 1.48. The van der Waals surface area contributed by atoms with E-state index in [4.69, 9.17) is 0 Å². The molecule has 1 amide bonds. The number of rotatable bonds is 3. The number of amides is 1. The molecular formula is C16H18N4O3. The first-order valence-corrected chi connectivity index (χ1v) is 8.00. The summed E-state index contributed by atoms with van der Waals surface area (Å²) in [6.07, 6.45) is 2.27. The van der Waals surface area contributed by atoms with E-state index < -0.39 is 12.0 Å². The van der Waals surface area contributed by atoms with Gasteiger partial charge in [-0.3, -0.25) is 14.9 Å². The second kappa shape index (κ2) is 5.33. The summed E-state index contributed by atoms with van der Waals surface area (Å²) >= 11 is 0. The molecule has 0 unspecified atom stereocenters. The lowest BCUT2D eigenvalue weighted by Crippen LogP contribution is -2.41. The molecule has 1 aliphatic heterocycles. The molecule has 2 aliphatic rings. The van der Waals surface area contributed by atoms with E-state index in [0.717, 1.165) is 29.7 Å². The molecule has 1 saturated heterocycles. The minimum atomic E-state index is -0.672. The number of nitro groups is 1. The van der Waals surface area contributed by atoms with Gasteiger partial charge in [0.05, 0.1) is 11.0 Å². The van der Waals surface area contributed by atoms with Crippen molar-refractivity contribution in [3.8, 4) is 0 Å². The summed E-state index contributed by atoms with van der Waals surface area (Å²) in [7, 11) is 0. The van der Waals surface area contributed by atoms with Crippen LogP contribution >= 0.6 is 0 Å². The van der Waals surface area contributed by atoms with E-state index in [1.807, 2.05) is 24.3 Å². The second-order valence-electron chi connectivity index (χ2n) is 6.46. The van der Waals surface area contributed by atoms with Crippen LogP contribution in [0.1, 0.15) is 31.0 Å². The number of piperidine rings is 1. The van der Waals surface area contributed by atoms with E-state index in [-0.39, 0.29) is 16.7 Å². The van der Waals surface area contributed by atoms with Gasteiger partial charge in [0, 0.05) is 30.4 Å². The molecule has 1 N–H and O–H groups in total. The van der Waals surface area contributed by atoms with Crippen LogP contribution in [0.4, 0.5) is 0 Å². The molecule has 4 rings (SSSR count). The molecule has 7 nitrogen and oxygen atoms in total. The number of fused-ring (bicyclic) bond motifs is 1. The number of aromatic nitrogens is 2. The smallest absolute Gasteiger partial charge is 0.232 e. The van der Waals surface area contributed by atoms with E-state index in [0.29, 0.717) is 19.5 Å². The first-order chi connectivity index (χ1) is 11.1. The van der Waals surface area contributed by atoms with E-state index in [9.17, 15) is 14.9 Å². The number of benzene rings is 1. The van der Waals surface area contributed by atoms with Gasteiger partial charge in [0.2, 0.25) is 11.9 Å². The average Bonchev–Trinajstić information content (AvgIpc) is 3.26. The lowest BCUT2D eigenvalue weighted by molar-refractivity contribution is -0.497. The Hall–Kier alpha value is -2.44. The standard InChI is InChI=1S/C16H18N4O3/c21-16(11-8-14(11)20(22)23)19-7-3-4-10(9-19)15-17-12-5-1-2-6-13(12)18-15/h1-2,5-6,10-11,14H,3-4,7-9H2,(H,17,18)/t10-,11+,14+/m0/s1. The van der Waals surface area contributed by atoms with Crippen LogP contribution in [0.3, 0.4) is 0 Å². The molecule has 2 heterocycles. The minimum Gasteiger partial charge on any atom is -0.342 e. The zero-order valence-electron chi connectivity index (χ0n) is 12.6. The van der Waals surface area contributed by atoms with Gasteiger partial charge in [0.15, 0.2) is 0 Å². The Kier molecular flexibility index (Phi) is 3.28. The number of H-pyrrole nitrogens is 1. The number of para-hydroxylation sites is 2. The normalized spacial score (nSPS) is 27.1. The highest BCUT2D eigenvalue weighted by molar-refractivity contribution is 5.82. The molecule has 120 valence electrons. The predicted octanol–water partition coefficient (Wildman–Crippen LogP) is 1.93. The molecule has 3 atom stereocenters. The van der Waals surface area contributed by atoms with Crippen molar-refractivity contribution < 1.29 is 9.72 Å². The maximum absolute atomic E-state index is 12.4. The van der Waals surface area contributed by atoms with Crippen LogP contribution in [0.25, 0.3) is 11.0 Å². The van der Waals surface area contributed by atoms with Gasteiger partial charge < -0.3 is 9.88 Å². The molecule has 0 radical (unpaired) electrons. The Labute approximate surface area is 132 Å². The molecule has 1 aromatic heterocycles. The summed E-state index contributed by atoms with van der Waals surface area (Å²) in [6.45, 7) is 1.29. The zero-order chi connectivity index (χ0) is 16.0. The van der Waals surface area contributed by atoms with E-state index in [1.54, 1.807) is 4.90 Å². The number of aromatic amines is 1. The monoisotopic (exact) mass is 314 g/mol. The lowest BCUT2D eigenvalue weighted by atomic mass is 9.97. The highest BCUT2D eigenvalue weighted by Gasteiger charge is 2.54. The van der Waals surface area contributed by atoms with Gasteiger partial charge in [-0.15, -0.1) is 0 Å². The van der Waals surface area contributed by atoms with Crippen LogP contribution in [0.5, 0.6) is 0 Å². The maximum atomic E-state index is 12.4. The number of carbonyl (C=O) groups is 1. The van der Waals surface area contributed by atoms with Gasteiger partial charge in [-0.05, 0) is 25.0 Å². The molecular weight excluding hydrogens is 296 g/mol. The molecule has 0 spiro atoms. The molecule has 1 aromatic carbocycles. The molecule has 1 saturated carbocycles. The number of hydrogen-bond donors (Lipinski definition) is 1. The van der Waals surface area contributed by atoms with Crippen LogP contribution < -0.4 is 0 Å². The molecule has 2 fully saturated rings.